The molecule has 1 N–H and O–H groups in total. The third kappa shape index (κ3) is 1.76. The maximum atomic E-state index is 11.3. The van der Waals surface area contributed by atoms with E-state index < -0.39 is 5.60 Å². The highest BCUT2D eigenvalue weighted by Gasteiger charge is 2.44. The molecule has 13 heavy (non-hydrogen) atoms. The molecule has 0 aliphatic carbocycles. The highest BCUT2D eigenvalue weighted by atomic mass is 16.3. The minimum Gasteiger partial charge on any atom is -0.382 e. The van der Waals surface area contributed by atoms with Gasteiger partial charge in [-0.3, -0.25) is 4.79 Å². The lowest BCUT2D eigenvalue weighted by Crippen LogP contribution is -2.56. The molecule has 0 saturated carbocycles. The number of carbonyl (C=O) groups excluding carboxylic acids is 1. The van der Waals surface area contributed by atoms with Crippen LogP contribution in [0.5, 0.6) is 0 Å². The van der Waals surface area contributed by atoms with E-state index in [2.05, 4.69) is 4.90 Å². The second-order valence-corrected chi connectivity index (χ2v) is 4.37. The summed E-state index contributed by atoms with van der Waals surface area (Å²) in [4.78, 5) is 13.5. The molecule has 0 spiro atoms. The minimum atomic E-state index is -1.09. The molecule has 0 aromatic rings. The summed E-state index contributed by atoms with van der Waals surface area (Å²) in [6.07, 6.45) is 0.556. The Hall–Kier alpha value is -0.410. The van der Waals surface area contributed by atoms with Crippen molar-refractivity contribution in [3.63, 3.8) is 0 Å². The van der Waals surface area contributed by atoms with Crippen LogP contribution in [-0.4, -0.2) is 41.0 Å². The first-order valence-corrected chi connectivity index (χ1v) is 4.81. The highest BCUT2D eigenvalue weighted by molar-refractivity contribution is 5.85. The highest BCUT2D eigenvalue weighted by Crippen LogP contribution is 2.31. The predicted molar refractivity (Wildman–Crippen MR) is 51.5 cm³/mol. The summed E-state index contributed by atoms with van der Waals surface area (Å²) in [5.41, 5.74) is -1.09. The second-order valence-electron chi connectivity index (χ2n) is 4.37. The summed E-state index contributed by atoms with van der Waals surface area (Å²) >= 11 is 0. The molecule has 3 atom stereocenters. The first kappa shape index (κ1) is 10.7. The van der Waals surface area contributed by atoms with Gasteiger partial charge in [0.1, 0.15) is 5.60 Å². The standard InChI is InChI=1S/C10H19NO2/c1-7-6-11(4)8(2)5-10(7,13)9(3)12/h7-8,13H,5-6H2,1-4H3/t7-,8-,10-/m0/s1. The maximum Gasteiger partial charge on any atom is 0.161 e. The Morgan fingerprint density at radius 1 is 1.54 bits per heavy atom. The summed E-state index contributed by atoms with van der Waals surface area (Å²) in [6, 6.07) is 0.282. The fourth-order valence-corrected chi connectivity index (χ4v) is 2.06. The van der Waals surface area contributed by atoms with Crippen LogP contribution in [-0.2, 0) is 4.79 Å². The minimum absolute atomic E-state index is 0.0335. The van der Waals surface area contributed by atoms with Crippen molar-refractivity contribution in [2.24, 2.45) is 5.92 Å². The summed E-state index contributed by atoms with van der Waals surface area (Å²) in [6.45, 7) is 6.25. The molecule has 3 nitrogen and oxygen atoms in total. The van der Waals surface area contributed by atoms with Crippen LogP contribution in [0.2, 0.25) is 0 Å². The number of hydrogen-bond acceptors (Lipinski definition) is 3. The number of likely N-dealkylation sites (tertiary alicyclic amines) is 1. The molecule has 0 radical (unpaired) electrons. The largest absolute Gasteiger partial charge is 0.382 e. The van der Waals surface area contributed by atoms with Crippen molar-refractivity contribution in [3.8, 4) is 0 Å². The lowest BCUT2D eigenvalue weighted by molar-refractivity contribution is -0.149. The molecule has 1 fully saturated rings. The van der Waals surface area contributed by atoms with E-state index in [0.29, 0.717) is 6.42 Å². The van der Waals surface area contributed by atoms with Crippen molar-refractivity contribution in [1.29, 1.82) is 0 Å². The molecule has 0 amide bonds. The Morgan fingerprint density at radius 2 is 2.08 bits per heavy atom. The van der Waals surface area contributed by atoms with Crippen molar-refractivity contribution in [3.05, 3.63) is 0 Å². The van der Waals surface area contributed by atoms with Gasteiger partial charge in [0.15, 0.2) is 5.78 Å². The predicted octanol–water partition coefficient (Wildman–Crippen LogP) is 0.667. The number of aliphatic hydroxyl groups is 1. The van der Waals surface area contributed by atoms with E-state index in [1.165, 1.54) is 6.92 Å². The zero-order chi connectivity index (χ0) is 10.2. The van der Waals surface area contributed by atoms with Crippen LogP contribution in [0.3, 0.4) is 0 Å². The Labute approximate surface area is 79.7 Å². The average molecular weight is 185 g/mol. The van der Waals surface area contributed by atoms with Crippen LogP contribution in [0.15, 0.2) is 0 Å². The van der Waals surface area contributed by atoms with Crippen molar-refractivity contribution >= 4 is 5.78 Å². The van der Waals surface area contributed by atoms with Gasteiger partial charge in [0.2, 0.25) is 0 Å². The molecule has 1 rings (SSSR count). The van der Waals surface area contributed by atoms with E-state index >= 15 is 0 Å². The molecule has 0 aromatic heterocycles. The van der Waals surface area contributed by atoms with Gasteiger partial charge in [-0.25, -0.2) is 0 Å². The van der Waals surface area contributed by atoms with Gasteiger partial charge in [-0.05, 0) is 27.3 Å². The van der Waals surface area contributed by atoms with E-state index in [1.807, 2.05) is 20.9 Å². The van der Waals surface area contributed by atoms with E-state index in [1.54, 1.807) is 0 Å². The van der Waals surface area contributed by atoms with Gasteiger partial charge in [0.25, 0.3) is 0 Å². The van der Waals surface area contributed by atoms with Crippen LogP contribution in [0.1, 0.15) is 27.2 Å². The quantitative estimate of drug-likeness (QED) is 0.652. The lowest BCUT2D eigenvalue weighted by atomic mass is 9.77. The topological polar surface area (TPSA) is 40.5 Å². The molecule has 1 aliphatic rings. The van der Waals surface area contributed by atoms with Crippen molar-refractivity contribution < 1.29 is 9.90 Å². The molecule has 1 saturated heterocycles. The molecule has 76 valence electrons. The normalized spacial score (nSPS) is 41.9. The third-order valence-corrected chi connectivity index (χ3v) is 3.35. The number of Topliss-reactive ketones (excluding diaryl/α,β-unsaturated/α-hetero) is 1. The second kappa shape index (κ2) is 3.39. The zero-order valence-electron chi connectivity index (χ0n) is 8.87. The van der Waals surface area contributed by atoms with Gasteiger partial charge in [0.05, 0.1) is 0 Å². The van der Waals surface area contributed by atoms with Crippen LogP contribution in [0.4, 0.5) is 0 Å². The van der Waals surface area contributed by atoms with E-state index in [0.717, 1.165) is 6.54 Å². The van der Waals surface area contributed by atoms with E-state index in [9.17, 15) is 9.90 Å². The SMILES string of the molecule is CC(=O)[C@]1(O)C[C@H](C)N(C)C[C@@H]1C. The first-order chi connectivity index (χ1) is 5.88. The van der Waals surface area contributed by atoms with Crippen LogP contribution in [0.25, 0.3) is 0 Å². The Kier molecular flexibility index (Phi) is 2.78. The number of ketones is 1. The number of nitrogens with zero attached hydrogens (tertiary/aromatic N) is 1. The maximum absolute atomic E-state index is 11.3. The molecule has 0 bridgehead atoms. The van der Waals surface area contributed by atoms with Gasteiger partial charge in [0, 0.05) is 18.5 Å². The lowest BCUT2D eigenvalue weighted by Gasteiger charge is -2.44. The van der Waals surface area contributed by atoms with Gasteiger partial charge in [-0.1, -0.05) is 6.92 Å². The summed E-state index contributed by atoms with van der Waals surface area (Å²) in [7, 11) is 2.03. The van der Waals surface area contributed by atoms with E-state index in [4.69, 9.17) is 0 Å². The monoisotopic (exact) mass is 185 g/mol. The van der Waals surface area contributed by atoms with Crippen LogP contribution >= 0.6 is 0 Å². The van der Waals surface area contributed by atoms with Gasteiger partial charge in [-0.15, -0.1) is 0 Å². The number of hydrogen-bond donors (Lipinski definition) is 1. The van der Waals surface area contributed by atoms with Gasteiger partial charge < -0.3 is 10.0 Å². The summed E-state index contributed by atoms with van der Waals surface area (Å²) in [5.74, 6) is -0.0638. The fraction of sp³-hybridized carbons (Fsp3) is 0.900. The molecule has 1 aliphatic heterocycles. The summed E-state index contributed by atoms with van der Waals surface area (Å²) < 4.78 is 0. The Morgan fingerprint density at radius 3 is 2.54 bits per heavy atom. The van der Waals surface area contributed by atoms with E-state index in [-0.39, 0.29) is 17.7 Å². The molecule has 0 aromatic carbocycles. The van der Waals surface area contributed by atoms with Crippen LogP contribution < -0.4 is 0 Å². The Bertz CT molecular complexity index is 217. The number of carbonyl (C=O) groups is 1. The van der Waals surface area contributed by atoms with Crippen molar-refractivity contribution in [2.75, 3.05) is 13.6 Å². The smallest absolute Gasteiger partial charge is 0.161 e. The third-order valence-electron chi connectivity index (χ3n) is 3.35. The molecule has 1 heterocycles. The number of piperidine rings is 1. The number of rotatable bonds is 1. The zero-order valence-corrected chi connectivity index (χ0v) is 8.87. The first-order valence-electron chi connectivity index (χ1n) is 4.81. The molecule has 3 heteroatoms. The van der Waals surface area contributed by atoms with Crippen LogP contribution in [0, 0.1) is 5.92 Å². The van der Waals surface area contributed by atoms with Crippen molar-refractivity contribution in [1.82, 2.24) is 4.90 Å². The van der Waals surface area contributed by atoms with Gasteiger partial charge >= 0.3 is 0 Å². The summed E-state index contributed by atoms with van der Waals surface area (Å²) in [5, 5.41) is 10.1. The van der Waals surface area contributed by atoms with Crippen molar-refractivity contribution in [2.45, 2.75) is 38.8 Å². The fourth-order valence-electron chi connectivity index (χ4n) is 2.06. The molecule has 0 unspecified atom stereocenters. The average Bonchev–Trinajstić information content (AvgIpc) is 2.01. The Balaban J connectivity index is 2.82. The molecular weight excluding hydrogens is 166 g/mol. The van der Waals surface area contributed by atoms with Gasteiger partial charge in [-0.2, -0.15) is 0 Å². The molecular formula is C10H19NO2.